The highest BCUT2D eigenvalue weighted by atomic mass is 32.2. The van der Waals surface area contributed by atoms with Crippen LogP contribution in [0.2, 0.25) is 0 Å². The molecule has 1 aromatic carbocycles. The highest BCUT2D eigenvalue weighted by molar-refractivity contribution is 7.89. The number of rotatable bonds is 9. The molecular formula is C17H28N2O3S. The molecule has 0 aromatic heterocycles. The van der Waals surface area contributed by atoms with Gasteiger partial charge in [0.15, 0.2) is 0 Å². The van der Waals surface area contributed by atoms with Gasteiger partial charge in [-0.2, -0.15) is 4.31 Å². The van der Waals surface area contributed by atoms with Crippen LogP contribution in [0.4, 0.5) is 0 Å². The van der Waals surface area contributed by atoms with Crippen LogP contribution in [-0.4, -0.2) is 49.7 Å². The molecule has 1 aromatic rings. The number of sulfonamides is 1. The van der Waals surface area contributed by atoms with Crippen molar-refractivity contribution < 1.29 is 13.2 Å². The summed E-state index contributed by atoms with van der Waals surface area (Å²) in [6.07, 6.45) is 2.00. The molecule has 130 valence electrons. The topological polar surface area (TPSA) is 57.7 Å². The van der Waals surface area contributed by atoms with Crippen LogP contribution < -0.4 is 0 Å². The third kappa shape index (κ3) is 4.78. The molecule has 0 atom stereocenters. The normalized spacial score (nSPS) is 11.7. The first-order chi connectivity index (χ1) is 10.9. The van der Waals surface area contributed by atoms with Crippen LogP contribution >= 0.6 is 0 Å². The maximum Gasteiger partial charge on any atom is 0.253 e. The number of carbonyl (C=O) groups is 1. The minimum absolute atomic E-state index is 0.0484. The van der Waals surface area contributed by atoms with Crippen LogP contribution in [0, 0.1) is 0 Å². The molecular weight excluding hydrogens is 312 g/mol. The first kappa shape index (κ1) is 19.6. The van der Waals surface area contributed by atoms with Gasteiger partial charge in [0.2, 0.25) is 10.0 Å². The van der Waals surface area contributed by atoms with E-state index in [4.69, 9.17) is 0 Å². The molecule has 0 aliphatic rings. The van der Waals surface area contributed by atoms with Crippen LogP contribution in [0.25, 0.3) is 0 Å². The molecule has 0 radical (unpaired) electrons. The summed E-state index contributed by atoms with van der Waals surface area (Å²) in [6.45, 7) is 9.90. The van der Waals surface area contributed by atoms with Gasteiger partial charge in [-0.15, -0.1) is 0 Å². The molecule has 0 aliphatic carbocycles. The average Bonchev–Trinajstić information content (AvgIpc) is 2.56. The molecule has 1 amide bonds. The van der Waals surface area contributed by atoms with Crippen LogP contribution in [0.15, 0.2) is 29.2 Å². The van der Waals surface area contributed by atoms with Gasteiger partial charge in [-0.3, -0.25) is 4.79 Å². The van der Waals surface area contributed by atoms with E-state index in [-0.39, 0.29) is 10.8 Å². The van der Waals surface area contributed by atoms with Crippen molar-refractivity contribution in [3.8, 4) is 0 Å². The van der Waals surface area contributed by atoms with Gasteiger partial charge in [-0.25, -0.2) is 8.42 Å². The number of unbranched alkanes of at least 4 members (excludes halogenated alkanes) is 1. The Morgan fingerprint density at radius 2 is 1.52 bits per heavy atom. The molecule has 0 aliphatic heterocycles. The molecule has 0 fully saturated rings. The maximum atomic E-state index is 12.5. The molecule has 0 spiro atoms. The minimum Gasteiger partial charge on any atom is -0.339 e. The summed E-state index contributed by atoms with van der Waals surface area (Å²) in [6, 6.07) is 6.25. The van der Waals surface area contributed by atoms with Crippen molar-refractivity contribution >= 4 is 15.9 Å². The van der Waals surface area contributed by atoms with Gasteiger partial charge in [0.05, 0.1) is 4.90 Å². The Morgan fingerprint density at radius 3 is 1.96 bits per heavy atom. The molecule has 0 saturated heterocycles. The van der Waals surface area contributed by atoms with Gasteiger partial charge in [0.1, 0.15) is 0 Å². The van der Waals surface area contributed by atoms with E-state index in [1.54, 1.807) is 17.0 Å². The van der Waals surface area contributed by atoms with E-state index < -0.39 is 10.0 Å². The fraction of sp³-hybridized carbons (Fsp3) is 0.588. The van der Waals surface area contributed by atoms with Crippen molar-refractivity contribution in [2.45, 2.75) is 45.4 Å². The zero-order valence-corrected chi connectivity index (χ0v) is 15.4. The highest BCUT2D eigenvalue weighted by Crippen LogP contribution is 2.17. The van der Waals surface area contributed by atoms with Crippen LogP contribution in [0.3, 0.4) is 0 Å². The Balaban J connectivity index is 2.97. The summed E-state index contributed by atoms with van der Waals surface area (Å²) >= 11 is 0. The largest absolute Gasteiger partial charge is 0.339 e. The Labute approximate surface area is 140 Å². The van der Waals surface area contributed by atoms with Crippen molar-refractivity contribution in [1.82, 2.24) is 9.21 Å². The molecule has 6 heteroatoms. The molecule has 0 bridgehead atoms. The Hall–Kier alpha value is -1.40. The van der Waals surface area contributed by atoms with E-state index in [1.165, 1.54) is 16.4 Å². The van der Waals surface area contributed by atoms with E-state index in [1.807, 2.05) is 20.8 Å². The lowest BCUT2D eigenvalue weighted by Gasteiger charge is -2.21. The lowest BCUT2D eigenvalue weighted by Crippen LogP contribution is -2.32. The quantitative estimate of drug-likeness (QED) is 0.694. The van der Waals surface area contributed by atoms with Gasteiger partial charge in [0, 0.05) is 31.7 Å². The summed E-state index contributed by atoms with van der Waals surface area (Å²) in [5, 5.41) is 0. The Kier molecular flexibility index (Phi) is 7.72. The fourth-order valence-electron chi connectivity index (χ4n) is 2.42. The van der Waals surface area contributed by atoms with E-state index in [2.05, 4.69) is 6.92 Å². The summed E-state index contributed by atoms with van der Waals surface area (Å²) in [4.78, 5) is 14.5. The van der Waals surface area contributed by atoms with Crippen molar-refractivity contribution in [1.29, 1.82) is 0 Å². The summed E-state index contributed by atoms with van der Waals surface area (Å²) < 4.78 is 26.3. The highest BCUT2D eigenvalue weighted by Gasteiger charge is 2.22. The van der Waals surface area contributed by atoms with E-state index in [9.17, 15) is 13.2 Å². The zero-order valence-electron chi connectivity index (χ0n) is 14.6. The summed E-state index contributed by atoms with van der Waals surface area (Å²) in [5.74, 6) is -0.0484. The van der Waals surface area contributed by atoms with Gasteiger partial charge in [0.25, 0.3) is 5.91 Å². The molecule has 0 N–H and O–H groups in total. The van der Waals surface area contributed by atoms with Crippen LogP contribution in [0.5, 0.6) is 0 Å². The second-order valence-electron chi connectivity index (χ2n) is 5.35. The summed E-state index contributed by atoms with van der Waals surface area (Å²) in [5.41, 5.74) is 0.529. The first-order valence-electron chi connectivity index (χ1n) is 8.31. The monoisotopic (exact) mass is 340 g/mol. The number of amides is 1. The molecule has 23 heavy (non-hydrogen) atoms. The third-order valence-corrected chi connectivity index (χ3v) is 5.96. The van der Waals surface area contributed by atoms with Gasteiger partial charge in [-0.05, 0) is 37.6 Å². The van der Waals surface area contributed by atoms with E-state index >= 15 is 0 Å². The van der Waals surface area contributed by atoms with Gasteiger partial charge >= 0.3 is 0 Å². The molecule has 5 nitrogen and oxygen atoms in total. The second kappa shape index (κ2) is 9.03. The van der Waals surface area contributed by atoms with E-state index in [0.29, 0.717) is 25.2 Å². The van der Waals surface area contributed by atoms with Gasteiger partial charge < -0.3 is 4.90 Å². The predicted molar refractivity (Wildman–Crippen MR) is 93.0 cm³/mol. The molecule has 0 saturated carbocycles. The SMILES string of the molecule is CCCCN(CC)C(=O)c1ccc(S(=O)(=O)N(CC)CC)cc1. The maximum absolute atomic E-state index is 12.5. The number of benzene rings is 1. The van der Waals surface area contributed by atoms with Crippen LogP contribution in [-0.2, 0) is 10.0 Å². The Morgan fingerprint density at radius 1 is 0.957 bits per heavy atom. The average molecular weight is 340 g/mol. The van der Waals surface area contributed by atoms with Crippen molar-refractivity contribution in [3.05, 3.63) is 29.8 Å². The smallest absolute Gasteiger partial charge is 0.253 e. The predicted octanol–water partition coefficient (Wildman–Crippen LogP) is 2.98. The molecule has 0 unspecified atom stereocenters. The van der Waals surface area contributed by atoms with Gasteiger partial charge in [-0.1, -0.05) is 27.2 Å². The Bertz CT molecular complexity index is 593. The minimum atomic E-state index is -3.48. The van der Waals surface area contributed by atoms with Crippen molar-refractivity contribution in [2.75, 3.05) is 26.2 Å². The van der Waals surface area contributed by atoms with Crippen molar-refractivity contribution in [2.24, 2.45) is 0 Å². The van der Waals surface area contributed by atoms with Crippen molar-refractivity contribution in [3.63, 3.8) is 0 Å². The number of hydrogen-bond acceptors (Lipinski definition) is 3. The second-order valence-corrected chi connectivity index (χ2v) is 7.29. The lowest BCUT2D eigenvalue weighted by atomic mass is 10.2. The summed E-state index contributed by atoms with van der Waals surface area (Å²) in [7, 11) is -3.48. The molecule has 1 rings (SSSR count). The molecule has 0 heterocycles. The third-order valence-electron chi connectivity index (χ3n) is 3.89. The standard InChI is InChI=1S/C17H28N2O3S/c1-5-9-14-18(6-2)17(20)15-10-12-16(13-11-15)23(21,22)19(7-3)8-4/h10-13H,5-9,14H2,1-4H3. The van der Waals surface area contributed by atoms with E-state index in [0.717, 1.165) is 19.4 Å². The lowest BCUT2D eigenvalue weighted by molar-refractivity contribution is 0.0762. The zero-order chi connectivity index (χ0) is 17.5. The fourth-order valence-corrected chi connectivity index (χ4v) is 3.87. The number of hydrogen-bond donors (Lipinski definition) is 0. The number of carbonyl (C=O) groups excluding carboxylic acids is 1. The van der Waals surface area contributed by atoms with Crippen LogP contribution in [0.1, 0.15) is 50.9 Å². The number of nitrogens with zero attached hydrogens (tertiary/aromatic N) is 2. The first-order valence-corrected chi connectivity index (χ1v) is 9.75.